The van der Waals surface area contributed by atoms with E-state index in [0.29, 0.717) is 43.2 Å². The molecule has 0 amide bonds. The van der Waals surface area contributed by atoms with Crippen LogP contribution in [0, 0.1) is 29.2 Å². The molecule has 2 aliphatic carbocycles. The average Bonchev–Trinajstić information content (AvgIpc) is 2.99. The van der Waals surface area contributed by atoms with Crippen LogP contribution in [0.1, 0.15) is 101 Å². The number of hydrogen-bond donors (Lipinski definition) is 0. The van der Waals surface area contributed by atoms with Crippen molar-refractivity contribution in [3.8, 4) is 11.5 Å². The average molecular weight is 577 g/mol. The summed E-state index contributed by atoms with van der Waals surface area (Å²) < 4.78 is 75.5. The van der Waals surface area contributed by atoms with E-state index in [-0.39, 0.29) is 30.3 Å². The Bertz CT molecular complexity index is 1180. The van der Waals surface area contributed by atoms with Crippen molar-refractivity contribution < 1.29 is 36.6 Å². The van der Waals surface area contributed by atoms with E-state index in [1.165, 1.54) is 6.07 Å². The molecule has 0 aromatic heterocycles. The lowest BCUT2D eigenvalue weighted by atomic mass is 9.77. The third-order valence-corrected chi connectivity index (χ3v) is 8.41. The van der Waals surface area contributed by atoms with Crippen molar-refractivity contribution in [3.05, 3.63) is 71.3 Å². The number of rotatable bonds is 12. The van der Waals surface area contributed by atoms with E-state index < -0.39 is 40.9 Å². The monoisotopic (exact) mass is 576 g/mol. The van der Waals surface area contributed by atoms with E-state index in [1.54, 1.807) is 18.2 Å². The number of hydrogen-bond acceptors (Lipinski definition) is 4. The fourth-order valence-electron chi connectivity index (χ4n) is 5.93. The van der Waals surface area contributed by atoms with Crippen LogP contribution in [-0.2, 0) is 9.53 Å². The van der Waals surface area contributed by atoms with Gasteiger partial charge in [0.15, 0.2) is 23.1 Å². The number of ether oxygens (including phenoxy) is 3. The molecule has 0 aliphatic heterocycles. The topological polar surface area (TPSA) is 44.8 Å². The van der Waals surface area contributed by atoms with Gasteiger partial charge in [-0.2, -0.15) is 8.78 Å². The number of carbonyl (C=O) groups is 1. The molecular weight excluding hydrogens is 536 g/mol. The van der Waals surface area contributed by atoms with Crippen molar-refractivity contribution in [3.63, 3.8) is 0 Å². The summed E-state index contributed by atoms with van der Waals surface area (Å²) in [4.78, 5) is 12.7. The van der Waals surface area contributed by atoms with E-state index in [9.17, 15) is 13.6 Å². The normalized spacial score (nSPS) is 22.8. The molecule has 0 heterocycles. The minimum atomic E-state index is -1.29. The van der Waals surface area contributed by atoms with Gasteiger partial charge in [-0.1, -0.05) is 31.6 Å². The highest BCUT2D eigenvalue weighted by atomic mass is 19.2. The quantitative estimate of drug-likeness (QED) is 0.0832. The maximum atomic E-state index is 15.3. The van der Waals surface area contributed by atoms with Crippen molar-refractivity contribution in [2.75, 3.05) is 13.2 Å². The highest BCUT2D eigenvalue weighted by molar-refractivity contribution is 5.75. The second-order valence-electron chi connectivity index (χ2n) is 11.2. The lowest BCUT2D eigenvalue weighted by Crippen LogP contribution is -2.26. The highest BCUT2D eigenvalue weighted by Gasteiger charge is 2.33. The second kappa shape index (κ2) is 14.9. The minimum Gasteiger partial charge on any atom is -0.490 e. The van der Waals surface area contributed by atoms with Crippen molar-refractivity contribution in [2.45, 2.75) is 95.5 Å². The predicted octanol–water partition coefficient (Wildman–Crippen LogP) is 8.92. The number of halogens is 4. The zero-order valence-corrected chi connectivity index (χ0v) is 23.7. The lowest BCUT2D eigenvalue weighted by molar-refractivity contribution is -0.140. The molecule has 2 saturated carbocycles. The van der Waals surface area contributed by atoms with Crippen molar-refractivity contribution in [1.82, 2.24) is 0 Å². The van der Waals surface area contributed by atoms with Gasteiger partial charge in [-0.05, 0) is 99.3 Å². The van der Waals surface area contributed by atoms with Gasteiger partial charge in [-0.3, -0.25) is 4.79 Å². The van der Waals surface area contributed by atoms with Crippen molar-refractivity contribution in [2.24, 2.45) is 5.92 Å². The highest BCUT2D eigenvalue weighted by Crippen LogP contribution is 2.41. The number of carbonyl (C=O) groups excluding carboxylic acids is 1. The zero-order chi connectivity index (χ0) is 29.4. The Labute approximate surface area is 240 Å². The van der Waals surface area contributed by atoms with Crippen LogP contribution in [0.2, 0.25) is 0 Å². The standard InChI is InChI=1S/C33H40F4O4/c1-3-5-19-39-24-13-11-22(12-14-24)26-16-15-25(29(34)30(26)35)21-7-9-23(10-8-21)33(38)41-28-18-17-27(31(36)32(28)37)40-20-6-4-2/h4,15-18,21-24H,2-3,5-14,19-20H2,1H3. The largest absolute Gasteiger partial charge is 0.490 e. The number of esters is 1. The summed E-state index contributed by atoms with van der Waals surface area (Å²) in [7, 11) is 0. The lowest BCUT2D eigenvalue weighted by Gasteiger charge is -2.30. The maximum Gasteiger partial charge on any atom is 0.314 e. The minimum absolute atomic E-state index is 0.0203. The smallest absolute Gasteiger partial charge is 0.314 e. The van der Waals surface area contributed by atoms with Gasteiger partial charge in [0.2, 0.25) is 11.6 Å². The summed E-state index contributed by atoms with van der Waals surface area (Å²) in [5, 5.41) is 0. The first-order valence-corrected chi connectivity index (χ1v) is 14.9. The van der Waals surface area contributed by atoms with Crippen LogP contribution in [0.4, 0.5) is 17.6 Å². The van der Waals surface area contributed by atoms with Crippen LogP contribution in [-0.4, -0.2) is 25.3 Å². The molecule has 0 saturated heterocycles. The van der Waals surface area contributed by atoms with Crippen LogP contribution >= 0.6 is 0 Å². The zero-order valence-electron chi connectivity index (χ0n) is 23.7. The molecule has 0 unspecified atom stereocenters. The summed E-state index contributed by atoms with van der Waals surface area (Å²) in [6.07, 6.45) is 9.29. The maximum absolute atomic E-state index is 15.3. The molecule has 0 atom stereocenters. The number of unbranched alkanes of at least 4 members (excludes halogenated alkanes) is 1. The molecule has 4 nitrogen and oxygen atoms in total. The van der Waals surface area contributed by atoms with Gasteiger partial charge < -0.3 is 14.2 Å². The molecule has 0 spiro atoms. The van der Waals surface area contributed by atoms with Crippen LogP contribution in [0.3, 0.4) is 0 Å². The molecule has 41 heavy (non-hydrogen) atoms. The molecule has 8 heteroatoms. The van der Waals surface area contributed by atoms with Gasteiger partial charge in [0.1, 0.15) is 0 Å². The Kier molecular flexibility index (Phi) is 11.3. The fraction of sp³-hybridized carbons (Fsp3) is 0.545. The summed E-state index contributed by atoms with van der Waals surface area (Å²) in [5.74, 6) is -6.32. The predicted molar refractivity (Wildman–Crippen MR) is 149 cm³/mol. The summed E-state index contributed by atoms with van der Waals surface area (Å²) in [6, 6.07) is 5.79. The Morgan fingerprint density at radius 3 is 1.95 bits per heavy atom. The van der Waals surface area contributed by atoms with E-state index in [4.69, 9.17) is 14.2 Å². The SMILES string of the molecule is C=CCCOc1ccc(OC(=O)C2CCC(c3ccc(C4CCC(OCCCC)CC4)c(F)c3F)CC2)c(F)c1F. The van der Waals surface area contributed by atoms with Crippen LogP contribution < -0.4 is 9.47 Å². The van der Waals surface area contributed by atoms with E-state index in [1.807, 2.05) is 0 Å². The summed E-state index contributed by atoms with van der Waals surface area (Å²) in [6.45, 7) is 6.55. The molecule has 2 aliphatic rings. The van der Waals surface area contributed by atoms with Crippen molar-refractivity contribution >= 4 is 5.97 Å². The molecule has 0 radical (unpaired) electrons. The molecule has 2 fully saturated rings. The molecule has 2 aromatic rings. The third-order valence-electron chi connectivity index (χ3n) is 8.41. The van der Waals surface area contributed by atoms with Gasteiger partial charge >= 0.3 is 5.97 Å². The van der Waals surface area contributed by atoms with Crippen LogP contribution in [0.5, 0.6) is 11.5 Å². The Morgan fingerprint density at radius 1 is 0.805 bits per heavy atom. The van der Waals surface area contributed by atoms with Gasteiger partial charge in [-0.25, -0.2) is 8.78 Å². The first-order chi connectivity index (χ1) is 19.8. The van der Waals surface area contributed by atoms with Gasteiger partial charge in [0.25, 0.3) is 0 Å². The molecular formula is C33H40F4O4. The van der Waals surface area contributed by atoms with Gasteiger partial charge in [0, 0.05) is 6.61 Å². The first kappa shape index (κ1) is 31.1. The summed E-state index contributed by atoms with van der Waals surface area (Å²) in [5.41, 5.74) is 0.761. The van der Waals surface area contributed by atoms with E-state index in [0.717, 1.165) is 51.2 Å². The molecule has 0 bridgehead atoms. The first-order valence-electron chi connectivity index (χ1n) is 14.9. The second-order valence-corrected chi connectivity index (χ2v) is 11.2. The van der Waals surface area contributed by atoms with Gasteiger partial charge in [0.05, 0.1) is 18.6 Å². The van der Waals surface area contributed by atoms with E-state index >= 15 is 8.78 Å². The Balaban J connectivity index is 1.31. The van der Waals surface area contributed by atoms with E-state index in [2.05, 4.69) is 13.5 Å². The fourth-order valence-corrected chi connectivity index (χ4v) is 5.93. The van der Waals surface area contributed by atoms with Gasteiger partial charge in [-0.15, -0.1) is 6.58 Å². The Morgan fingerprint density at radius 2 is 1.37 bits per heavy atom. The summed E-state index contributed by atoms with van der Waals surface area (Å²) >= 11 is 0. The molecule has 2 aromatic carbocycles. The Hall–Kier alpha value is -2.87. The van der Waals surface area contributed by atoms with Crippen molar-refractivity contribution in [1.29, 1.82) is 0 Å². The molecule has 0 N–H and O–H groups in total. The van der Waals surface area contributed by atoms with Crippen LogP contribution in [0.25, 0.3) is 0 Å². The molecule has 224 valence electrons. The third kappa shape index (κ3) is 7.70. The van der Waals surface area contributed by atoms with Crippen LogP contribution in [0.15, 0.2) is 36.9 Å². The number of benzene rings is 2. The molecule has 4 rings (SSSR count).